The third-order valence-corrected chi connectivity index (χ3v) is 15.1. The Morgan fingerprint density at radius 2 is 1.18 bits per heavy atom. The van der Waals surface area contributed by atoms with Crippen LogP contribution in [0.5, 0.6) is 0 Å². The van der Waals surface area contributed by atoms with Crippen molar-refractivity contribution < 1.29 is 9.67 Å². The molecular weight excluding hydrogens is 597 g/mol. The summed E-state index contributed by atoms with van der Waals surface area (Å²) in [5.74, 6) is 2.14. The minimum Gasteiger partial charge on any atom is -0.383 e. The maximum Gasteiger partial charge on any atom is 0.213 e. The number of pyridine rings is 1. The van der Waals surface area contributed by atoms with Crippen LogP contribution in [-0.2, 0) is 6.54 Å². The van der Waals surface area contributed by atoms with Crippen molar-refractivity contribution in [1.82, 2.24) is 0 Å². The average Bonchev–Trinajstić information content (AvgIpc) is 3.39. The SMILES string of the molecule is CN(C)c1ccc(-c2cc(-c3ccccc3)[n+](C[C@@]3(O)CC[C@@H]4[C@@H]5CC[C@@]6(C)CCCC[C@]6(C)[C@H]5CC[C@]43C)c(-c3ccccc3)c2)cc1. The monoisotopic (exact) mass is 653 g/mol. The fourth-order valence-electron chi connectivity index (χ4n) is 11.8. The largest absolute Gasteiger partial charge is 0.383 e. The molecule has 49 heavy (non-hydrogen) atoms. The Labute approximate surface area is 295 Å². The molecule has 0 unspecified atom stereocenters. The Hall–Kier alpha value is -3.43. The lowest BCUT2D eigenvalue weighted by molar-refractivity contribution is -0.692. The van der Waals surface area contributed by atoms with Crippen molar-refractivity contribution in [2.24, 2.45) is 34.0 Å². The van der Waals surface area contributed by atoms with Crippen LogP contribution in [0.25, 0.3) is 33.6 Å². The van der Waals surface area contributed by atoms with Gasteiger partial charge in [-0.1, -0.05) is 82.1 Å². The Bertz CT molecular complexity index is 1740. The van der Waals surface area contributed by atoms with Crippen molar-refractivity contribution in [3.8, 4) is 33.6 Å². The molecule has 4 aliphatic rings. The van der Waals surface area contributed by atoms with E-state index in [9.17, 15) is 5.11 Å². The molecule has 4 fully saturated rings. The van der Waals surface area contributed by atoms with Gasteiger partial charge in [-0.05, 0) is 127 Å². The molecule has 4 aliphatic carbocycles. The highest BCUT2D eigenvalue weighted by Gasteiger charge is 2.67. The Kier molecular flexibility index (Phi) is 8.10. The number of aliphatic hydroxyl groups is 1. The zero-order valence-electron chi connectivity index (χ0n) is 30.6. The molecule has 3 nitrogen and oxygen atoms in total. The lowest BCUT2D eigenvalue weighted by atomic mass is 9.40. The van der Waals surface area contributed by atoms with E-state index in [1.54, 1.807) is 0 Å². The van der Waals surface area contributed by atoms with Crippen LogP contribution in [0.3, 0.4) is 0 Å². The summed E-state index contributed by atoms with van der Waals surface area (Å²) >= 11 is 0. The second-order valence-electron chi connectivity index (χ2n) is 17.4. The Morgan fingerprint density at radius 1 is 0.612 bits per heavy atom. The van der Waals surface area contributed by atoms with Gasteiger partial charge < -0.3 is 10.0 Å². The quantitative estimate of drug-likeness (QED) is 0.210. The molecule has 8 rings (SSSR count). The van der Waals surface area contributed by atoms with Crippen LogP contribution in [0.4, 0.5) is 5.69 Å². The number of anilines is 1. The normalized spacial score (nSPS) is 33.7. The van der Waals surface area contributed by atoms with E-state index in [1.165, 1.54) is 84.3 Å². The zero-order valence-corrected chi connectivity index (χ0v) is 30.6. The number of rotatable bonds is 6. The van der Waals surface area contributed by atoms with Gasteiger partial charge in [0.25, 0.3) is 0 Å². The summed E-state index contributed by atoms with van der Waals surface area (Å²) in [5.41, 5.74) is 8.41. The number of aromatic nitrogens is 1. The maximum atomic E-state index is 13.2. The standard InChI is InChI=1S/C46H57N2O/c1-43-25-12-13-26-44(43,2)39-23-28-45(3)40(38(39)22-27-43)24-29-46(45,49)32-48-41(34-14-8-6-9-15-34)30-36(31-42(48)35-16-10-7-11-17-35)33-18-20-37(21-19-33)47(4)5/h6-11,14-21,30-31,38-40,49H,12-13,22-29,32H2,1-5H3/q+1/t38-,39+,40-,43-,44-,45-,46+/m1/s1. The molecule has 256 valence electrons. The van der Waals surface area contributed by atoms with Crippen molar-refractivity contribution in [2.45, 2.75) is 97.1 Å². The van der Waals surface area contributed by atoms with E-state index in [0.717, 1.165) is 31.1 Å². The summed E-state index contributed by atoms with van der Waals surface area (Å²) in [6, 6.07) is 35.4. The van der Waals surface area contributed by atoms with Gasteiger partial charge in [-0.2, -0.15) is 4.57 Å². The number of nitrogens with zero attached hydrogens (tertiary/aromatic N) is 2. The molecule has 0 aliphatic heterocycles. The highest BCUT2D eigenvalue weighted by atomic mass is 16.3. The van der Waals surface area contributed by atoms with Gasteiger partial charge in [0.2, 0.25) is 11.4 Å². The zero-order chi connectivity index (χ0) is 34.0. The predicted molar refractivity (Wildman–Crippen MR) is 203 cm³/mol. The summed E-state index contributed by atoms with van der Waals surface area (Å²) in [5, 5.41) is 13.2. The van der Waals surface area contributed by atoms with E-state index in [2.05, 4.69) is 141 Å². The van der Waals surface area contributed by atoms with Crippen LogP contribution >= 0.6 is 0 Å². The summed E-state index contributed by atoms with van der Waals surface area (Å²) in [4.78, 5) is 2.15. The lowest BCUT2D eigenvalue weighted by Gasteiger charge is -2.65. The summed E-state index contributed by atoms with van der Waals surface area (Å²) < 4.78 is 2.49. The van der Waals surface area contributed by atoms with Gasteiger partial charge >= 0.3 is 0 Å². The lowest BCUT2D eigenvalue weighted by Crippen LogP contribution is -2.61. The molecule has 4 aromatic rings. The molecule has 0 amide bonds. The third-order valence-electron chi connectivity index (χ3n) is 15.1. The molecule has 1 heterocycles. The predicted octanol–water partition coefficient (Wildman–Crippen LogP) is 10.6. The number of benzene rings is 3. The van der Waals surface area contributed by atoms with Gasteiger partial charge in [0.15, 0.2) is 6.54 Å². The molecule has 3 heteroatoms. The number of hydrogen-bond donors (Lipinski definition) is 1. The molecule has 0 saturated heterocycles. The van der Waals surface area contributed by atoms with E-state index >= 15 is 0 Å². The molecule has 1 N–H and O–H groups in total. The first-order valence-corrected chi connectivity index (χ1v) is 19.2. The van der Waals surface area contributed by atoms with E-state index in [1.807, 2.05) is 0 Å². The number of fused-ring (bicyclic) bond motifs is 5. The Balaban J connectivity index is 1.22. The van der Waals surface area contributed by atoms with Crippen molar-refractivity contribution >= 4 is 5.69 Å². The molecule has 3 aromatic carbocycles. The highest BCUT2D eigenvalue weighted by Crippen LogP contribution is 2.71. The van der Waals surface area contributed by atoms with Crippen LogP contribution in [0.2, 0.25) is 0 Å². The van der Waals surface area contributed by atoms with Gasteiger partial charge in [-0.25, -0.2) is 0 Å². The van der Waals surface area contributed by atoms with Crippen molar-refractivity contribution in [2.75, 3.05) is 19.0 Å². The second kappa shape index (κ2) is 12.1. The first-order valence-electron chi connectivity index (χ1n) is 19.2. The number of hydrogen-bond acceptors (Lipinski definition) is 2. The molecule has 0 radical (unpaired) electrons. The summed E-state index contributed by atoms with van der Waals surface area (Å²) in [7, 11) is 4.18. The van der Waals surface area contributed by atoms with Gasteiger partial charge in [0.1, 0.15) is 5.60 Å². The van der Waals surface area contributed by atoms with Crippen LogP contribution < -0.4 is 9.47 Å². The van der Waals surface area contributed by atoms with Gasteiger partial charge in [-0.3, -0.25) is 0 Å². The minimum absolute atomic E-state index is 0.0947. The van der Waals surface area contributed by atoms with Crippen LogP contribution in [0, 0.1) is 34.0 Å². The molecule has 1 aromatic heterocycles. The van der Waals surface area contributed by atoms with E-state index in [-0.39, 0.29) is 5.41 Å². The van der Waals surface area contributed by atoms with Crippen molar-refractivity contribution in [3.05, 3.63) is 97.1 Å². The smallest absolute Gasteiger partial charge is 0.213 e. The van der Waals surface area contributed by atoms with Gasteiger partial charge in [0.05, 0.1) is 0 Å². The molecule has 7 atom stereocenters. The third kappa shape index (κ3) is 5.21. The molecular formula is C46H57N2O+. The minimum atomic E-state index is -0.774. The second-order valence-corrected chi connectivity index (χ2v) is 17.4. The Morgan fingerprint density at radius 3 is 1.80 bits per heavy atom. The van der Waals surface area contributed by atoms with E-state index < -0.39 is 5.60 Å². The highest BCUT2D eigenvalue weighted by molar-refractivity contribution is 5.74. The van der Waals surface area contributed by atoms with E-state index in [4.69, 9.17) is 0 Å². The molecule has 4 saturated carbocycles. The van der Waals surface area contributed by atoms with Gasteiger partial charge in [-0.15, -0.1) is 0 Å². The van der Waals surface area contributed by atoms with Crippen molar-refractivity contribution in [3.63, 3.8) is 0 Å². The van der Waals surface area contributed by atoms with Crippen LogP contribution in [0.1, 0.15) is 85.0 Å². The fraction of sp³-hybridized carbons (Fsp3) is 0.500. The van der Waals surface area contributed by atoms with Gasteiger partial charge in [0, 0.05) is 48.5 Å². The molecule has 0 spiro atoms. The van der Waals surface area contributed by atoms with Crippen LogP contribution in [0.15, 0.2) is 97.1 Å². The van der Waals surface area contributed by atoms with Crippen LogP contribution in [-0.4, -0.2) is 24.8 Å². The summed E-state index contributed by atoms with van der Waals surface area (Å²) in [6.45, 7) is 8.41. The fourth-order valence-corrected chi connectivity index (χ4v) is 11.8. The first-order chi connectivity index (χ1) is 23.6. The summed E-state index contributed by atoms with van der Waals surface area (Å²) in [6.07, 6.45) is 12.8. The maximum absolute atomic E-state index is 13.2. The molecule has 0 bridgehead atoms. The van der Waals surface area contributed by atoms with Crippen molar-refractivity contribution in [1.29, 1.82) is 0 Å². The first kappa shape index (κ1) is 32.8. The van der Waals surface area contributed by atoms with E-state index in [0.29, 0.717) is 23.3 Å². The topological polar surface area (TPSA) is 27.4 Å². The average molecular weight is 654 g/mol.